The lowest BCUT2D eigenvalue weighted by Crippen LogP contribution is -2.02. The summed E-state index contributed by atoms with van der Waals surface area (Å²) in [4.78, 5) is 4.14. The molecule has 1 aromatic carbocycles. The second-order valence-electron chi connectivity index (χ2n) is 4.55. The predicted molar refractivity (Wildman–Crippen MR) is 64.6 cm³/mol. The first-order valence-electron chi connectivity index (χ1n) is 5.52. The van der Waals surface area contributed by atoms with Crippen LogP contribution in [0.1, 0.15) is 19.5 Å². The number of anilines is 1. The Bertz CT molecular complexity index is 565. The molecule has 0 bridgehead atoms. The lowest BCUT2D eigenvalue weighted by molar-refractivity contribution is 0.611. The summed E-state index contributed by atoms with van der Waals surface area (Å²) in [6.45, 7) is 4.06. The van der Waals surface area contributed by atoms with Gasteiger partial charge in [0.2, 0.25) is 0 Å². The fraction of sp³-hybridized carbons (Fsp3) is 0.308. The highest BCUT2D eigenvalue weighted by molar-refractivity contribution is 5.91. The number of hydrogen-bond donors (Lipinski definition) is 1. The van der Waals surface area contributed by atoms with Crippen molar-refractivity contribution in [2.75, 3.05) is 5.73 Å². The summed E-state index contributed by atoms with van der Waals surface area (Å²) in [6.07, 6.45) is 0.691. The van der Waals surface area contributed by atoms with Gasteiger partial charge in [0.05, 0.1) is 5.39 Å². The zero-order valence-electron chi connectivity index (χ0n) is 9.80. The molecule has 0 atom stereocenters. The van der Waals surface area contributed by atoms with Gasteiger partial charge in [-0.3, -0.25) is 0 Å². The molecule has 2 nitrogen and oxygen atoms in total. The highest BCUT2D eigenvalue weighted by Crippen LogP contribution is 2.26. The molecule has 1 heterocycles. The molecule has 0 aliphatic heterocycles. The highest BCUT2D eigenvalue weighted by Gasteiger charge is 2.12. The molecular weight excluding hydrogens is 222 g/mol. The number of hydrogen-bond acceptors (Lipinski definition) is 2. The first kappa shape index (κ1) is 11.8. The van der Waals surface area contributed by atoms with Crippen molar-refractivity contribution >= 4 is 16.6 Å². The molecule has 0 radical (unpaired) electrons. The zero-order valence-corrected chi connectivity index (χ0v) is 9.80. The lowest BCUT2D eigenvalue weighted by atomic mass is 10.1. The normalized spacial score (nSPS) is 11.4. The molecule has 4 heteroatoms. The zero-order chi connectivity index (χ0) is 12.6. The van der Waals surface area contributed by atoms with E-state index in [9.17, 15) is 8.78 Å². The number of fused-ring (bicyclic) bond motifs is 1. The Balaban J connectivity index is 2.68. The summed E-state index contributed by atoms with van der Waals surface area (Å²) in [5.74, 6) is -0.697. The van der Waals surface area contributed by atoms with Crippen LogP contribution in [0.5, 0.6) is 0 Å². The van der Waals surface area contributed by atoms with Gasteiger partial charge in [-0.25, -0.2) is 13.8 Å². The molecule has 0 aliphatic rings. The van der Waals surface area contributed by atoms with Crippen molar-refractivity contribution in [3.63, 3.8) is 0 Å². The van der Waals surface area contributed by atoms with Crippen LogP contribution in [0.15, 0.2) is 18.2 Å². The Hall–Kier alpha value is -1.71. The van der Waals surface area contributed by atoms with Crippen molar-refractivity contribution in [1.29, 1.82) is 0 Å². The molecule has 0 spiro atoms. The van der Waals surface area contributed by atoms with E-state index in [-0.39, 0.29) is 16.6 Å². The van der Waals surface area contributed by atoms with Crippen LogP contribution >= 0.6 is 0 Å². The highest BCUT2D eigenvalue weighted by atomic mass is 19.1. The number of rotatable bonds is 2. The van der Waals surface area contributed by atoms with Crippen LogP contribution in [0.25, 0.3) is 10.9 Å². The number of benzene rings is 1. The molecule has 2 aromatic rings. The van der Waals surface area contributed by atoms with E-state index in [0.29, 0.717) is 18.0 Å². The summed E-state index contributed by atoms with van der Waals surface area (Å²) in [5.41, 5.74) is 6.70. The van der Waals surface area contributed by atoms with Gasteiger partial charge >= 0.3 is 0 Å². The summed E-state index contributed by atoms with van der Waals surface area (Å²) in [6, 6.07) is 3.76. The number of pyridine rings is 1. The van der Waals surface area contributed by atoms with Gasteiger partial charge < -0.3 is 5.73 Å². The molecule has 0 saturated heterocycles. The Morgan fingerprint density at radius 3 is 2.53 bits per heavy atom. The van der Waals surface area contributed by atoms with Gasteiger partial charge in [0.15, 0.2) is 0 Å². The summed E-state index contributed by atoms with van der Waals surface area (Å²) >= 11 is 0. The fourth-order valence-corrected chi connectivity index (χ4v) is 1.88. The van der Waals surface area contributed by atoms with Crippen LogP contribution in [0.3, 0.4) is 0 Å². The third-order valence-corrected chi connectivity index (χ3v) is 2.56. The second-order valence-corrected chi connectivity index (χ2v) is 4.55. The Labute approximate surface area is 98.5 Å². The van der Waals surface area contributed by atoms with E-state index >= 15 is 0 Å². The van der Waals surface area contributed by atoms with Crippen molar-refractivity contribution in [3.8, 4) is 0 Å². The van der Waals surface area contributed by atoms with Crippen molar-refractivity contribution in [3.05, 3.63) is 35.5 Å². The van der Waals surface area contributed by atoms with E-state index in [1.54, 1.807) is 6.07 Å². The standard InChI is InChI=1S/C13H14F2N2/c1-7(2)5-8-6-11(16)12-9(14)3-4-10(15)13(12)17-8/h3-4,6-7H,5H2,1-2H3,(H2,16,17). The number of aromatic nitrogens is 1. The van der Waals surface area contributed by atoms with Crippen LogP contribution < -0.4 is 5.73 Å². The quantitative estimate of drug-likeness (QED) is 0.868. The van der Waals surface area contributed by atoms with E-state index in [1.807, 2.05) is 13.8 Å². The summed E-state index contributed by atoms with van der Waals surface area (Å²) < 4.78 is 27.1. The minimum atomic E-state index is -0.543. The third kappa shape index (κ3) is 2.20. The Kier molecular flexibility index (Phi) is 2.96. The monoisotopic (exact) mass is 236 g/mol. The average Bonchev–Trinajstić information content (AvgIpc) is 2.22. The third-order valence-electron chi connectivity index (χ3n) is 2.56. The molecule has 0 amide bonds. The largest absolute Gasteiger partial charge is 0.398 e. The van der Waals surface area contributed by atoms with Crippen molar-refractivity contribution in [2.24, 2.45) is 5.92 Å². The average molecular weight is 236 g/mol. The molecule has 0 unspecified atom stereocenters. The van der Waals surface area contributed by atoms with Gasteiger partial charge in [0.25, 0.3) is 0 Å². The fourth-order valence-electron chi connectivity index (χ4n) is 1.88. The Morgan fingerprint density at radius 2 is 1.88 bits per heavy atom. The topological polar surface area (TPSA) is 38.9 Å². The van der Waals surface area contributed by atoms with Crippen LogP contribution in [0.4, 0.5) is 14.5 Å². The van der Waals surface area contributed by atoms with E-state index in [0.717, 1.165) is 12.1 Å². The van der Waals surface area contributed by atoms with E-state index in [4.69, 9.17) is 5.73 Å². The van der Waals surface area contributed by atoms with Gasteiger partial charge in [-0.15, -0.1) is 0 Å². The number of nitrogen functional groups attached to an aromatic ring is 1. The van der Waals surface area contributed by atoms with Gasteiger partial charge in [0.1, 0.15) is 17.2 Å². The van der Waals surface area contributed by atoms with Crippen molar-refractivity contribution < 1.29 is 8.78 Å². The maximum atomic E-state index is 13.6. The minimum absolute atomic E-state index is 0.0145. The SMILES string of the molecule is CC(C)Cc1cc(N)c2c(F)ccc(F)c2n1. The first-order valence-corrected chi connectivity index (χ1v) is 5.52. The van der Waals surface area contributed by atoms with E-state index < -0.39 is 11.6 Å². The first-order chi connectivity index (χ1) is 7.99. The lowest BCUT2D eigenvalue weighted by Gasteiger charge is -2.09. The molecule has 0 fully saturated rings. The molecule has 17 heavy (non-hydrogen) atoms. The summed E-state index contributed by atoms with van der Waals surface area (Å²) in [7, 11) is 0. The molecule has 2 N–H and O–H groups in total. The minimum Gasteiger partial charge on any atom is -0.398 e. The summed E-state index contributed by atoms with van der Waals surface area (Å²) in [5, 5.41) is 0.0671. The molecule has 0 saturated carbocycles. The van der Waals surface area contributed by atoms with Crippen molar-refractivity contribution in [2.45, 2.75) is 20.3 Å². The Morgan fingerprint density at radius 1 is 1.24 bits per heavy atom. The molecular formula is C13H14F2N2. The van der Waals surface area contributed by atoms with Crippen molar-refractivity contribution in [1.82, 2.24) is 4.98 Å². The van der Waals surface area contributed by atoms with Crippen LogP contribution in [-0.2, 0) is 6.42 Å². The number of nitrogens with two attached hydrogens (primary N) is 1. The second kappa shape index (κ2) is 4.28. The number of halogens is 2. The predicted octanol–water partition coefficient (Wildman–Crippen LogP) is 3.29. The molecule has 90 valence electrons. The molecule has 0 aliphatic carbocycles. The molecule has 1 aromatic heterocycles. The van der Waals surface area contributed by atoms with Gasteiger partial charge in [0, 0.05) is 11.4 Å². The van der Waals surface area contributed by atoms with Crippen LogP contribution in [0.2, 0.25) is 0 Å². The maximum Gasteiger partial charge on any atom is 0.149 e. The number of nitrogens with zero attached hydrogens (tertiary/aromatic N) is 1. The van der Waals surface area contributed by atoms with Gasteiger partial charge in [-0.2, -0.15) is 0 Å². The smallest absolute Gasteiger partial charge is 0.149 e. The maximum absolute atomic E-state index is 13.6. The van der Waals surface area contributed by atoms with Gasteiger partial charge in [-0.05, 0) is 30.5 Å². The van der Waals surface area contributed by atoms with Crippen LogP contribution in [0, 0.1) is 17.6 Å². The molecule has 2 rings (SSSR count). The van der Waals surface area contributed by atoms with E-state index in [2.05, 4.69) is 4.98 Å². The van der Waals surface area contributed by atoms with Gasteiger partial charge in [-0.1, -0.05) is 13.8 Å². The van der Waals surface area contributed by atoms with E-state index in [1.165, 1.54) is 0 Å². The van der Waals surface area contributed by atoms with Crippen LogP contribution in [-0.4, -0.2) is 4.98 Å².